The Morgan fingerprint density at radius 1 is 0.920 bits per heavy atom. The number of fused-ring (bicyclic) bond motifs is 1. The van der Waals surface area contributed by atoms with Crippen molar-refractivity contribution in [3.63, 3.8) is 0 Å². The summed E-state index contributed by atoms with van der Waals surface area (Å²) in [7, 11) is 1.59. The van der Waals surface area contributed by atoms with E-state index in [1.165, 1.54) is 10.1 Å². The molecule has 0 radical (unpaired) electrons. The van der Waals surface area contributed by atoms with Gasteiger partial charge in [0.05, 0.1) is 12.8 Å². The van der Waals surface area contributed by atoms with Gasteiger partial charge in [0, 0.05) is 11.1 Å². The van der Waals surface area contributed by atoms with Gasteiger partial charge in [-0.1, -0.05) is 42.5 Å². The molecular weight excluding hydrogens is 314 g/mol. The Kier molecular flexibility index (Phi) is 3.88. The van der Waals surface area contributed by atoms with Gasteiger partial charge in [-0.2, -0.15) is 0 Å². The van der Waals surface area contributed by atoms with Crippen LogP contribution in [0.4, 0.5) is 0 Å². The largest absolute Gasteiger partial charge is 0.495 e. The molecular formula is C21H21NO3. The molecule has 2 aromatic carbocycles. The molecule has 1 aliphatic rings. The van der Waals surface area contributed by atoms with E-state index in [1.54, 1.807) is 7.11 Å². The number of hydrogen-bond acceptors (Lipinski definition) is 3. The summed E-state index contributed by atoms with van der Waals surface area (Å²) in [5, 5.41) is 21.6. The van der Waals surface area contributed by atoms with E-state index in [4.69, 9.17) is 4.74 Å². The fraction of sp³-hybridized carbons (Fsp3) is 0.238. The predicted octanol–water partition coefficient (Wildman–Crippen LogP) is 4.17. The maximum atomic E-state index is 10.8. The normalized spacial score (nSPS) is 16.4. The van der Waals surface area contributed by atoms with Gasteiger partial charge in [0.1, 0.15) is 5.75 Å². The minimum Gasteiger partial charge on any atom is -0.495 e. The molecule has 4 heteroatoms. The third-order valence-corrected chi connectivity index (χ3v) is 5.12. The number of para-hydroxylation sites is 2. The molecule has 0 spiro atoms. The highest BCUT2D eigenvalue weighted by Gasteiger charge is 2.30. The van der Waals surface area contributed by atoms with Crippen molar-refractivity contribution in [1.82, 2.24) is 4.57 Å². The lowest BCUT2D eigenvalue weighted by molar-refractivity contribution is 0.385. The van der Waals surface area contributed by atoms with Crippen LogP contribution in [-0.4, -0.2) is 21.9 Å². The van der Waals surface area contributed by atoms with Gasteiger partial charge < -0.3 is 14.9 Å². The first-order valence-electron chi connectivity index (χ1n) is 8.53. The Balaban J connectivity index is 1.78. The number of benzene rings is 2. The van der Waals surface area contributed by atoms with Gasteiger partial charge in [-0.15, -0.1) is 0 Å². The van der Waals surface area contributed by atoms with Gasteiger partial charge in [-0.25, -0.2) is 4.57 Å². The smallest absolute Gasteiger partial charge is 0.202 e. The van der Waals surface area contributed by atoms with Crippen molar-refractivity contribution in [2.45, 2.75) is 25.2 Å². The van der Waals surface area contributed by atoms with Crippen LogP contribution in [0.1, 0.15) is 29.0 Å². The fourth-order valence-electron chi connectivity index (χ4n) is 3.84. The van der Waals surface area contributed by atoms with Gasteiger partial charge in [-0.05, 0) is 42.9 Å². The lowest BCUT2D eigenvalue weighted by atomic mass is 9.81. The lowest BCUT2D eigenvalue weighted by Crippen LogP contribution is -2.11. The van der Waals surface area contributed by atoms with Crippen LogP contribution in [-0.2, 0) is 12.8 Å². The Morgan fingerprint density at radius 3 is 2.36 bits per heavy atom. The van der Waals surface area contributed by atoms with Crippen LogP contribution in [0.25, 0.3) is 5.69 Å². The van der Waals surface area contributed by atoms with Gasteiger partial charge in [0.25, 0.3) is 0 Å². The lowest BCUT2D eigenvalue weighted by Gasteiger charge is -2.22. The Morgan fingerprint density at radius 2 is 1.60 bits per heavy atom. The topological polar surface area (TPSA) is 54.6 Å². The second-order valence-electron chi connectivity index (χ2n) is 6.46. The molecule has 4 nitrogen and oxygen atoms in total. The first kappa shape index (κ1) is 15.6. The molecule has 1 aromatic heterocycles. The number of methoxy groups -OCH3 is 1. The number of aromatic nitrogens is 1. The molecule has 3 aromatic rings. The number of ether oxygens (including phenoxy) is 1. The van der Waals surface area contributed by atoms with Gasteiger partial charge in [0.2, 0.25) is 11.8 Å². The summed E-state index contributed by atoms with van der Waals surface area (Å²) in [4.78, 5) is 0. The first-order valence-corrected chi connectivity index (χ1v) is 8.53. The standard InChI is InChI=1S/C21H21NO3/c1-25-19-10-6-5-9-18(19)22-20(23)16-12-11-15(13-17(16)21(22)24)14-7-3-2-4-8-14/h2-10,15,23-24H,11-13H2,1H3. The minimum atomic E-state index is 0.109. The molecule has 0 fully saturated rings. The van der Waals surface area contributed by atoms with E-state index in [2.05, 4.69) is 12.1 Å². The summed E-state index contributed by atoms with van der Waals surface area (Å²) in [5.41, 5.74) is 3.60. The van der Waals surface area contributed by atoms with Crippen molar-refractivity contribution < 1.29 is 14.9 Å². The maximum Gasteiger partial charge on any atom is 0.202 e. The van der Waals surface area contributed by atoms with Crippen LogP contribution in [0.15, 0.2) is 54.6 Å². The predicted molar refractivity (Wildman–Crippen MR) is 96.9 cm³/mol. The first-order chi connectivity index (χ1) is 12.2. The summed E-state index contributed by atoms with van der Waals surface area (Å²) in [6.45, 7) is 0. The molecule has 0 aliphatic heterocycles. The van der Waals surface area contributed by atoms with E-state index >= 15 is 0 Å². The molecule has 0 amide bonds. The molecule has 0 saturated heterocycles. The highest BCUT2D eigenvalue weighted by atomic mass is 16.5. The van der Waals surface area contributed by atoms with Crippen LogP contribution in [0.5, 0.6) is 17.5 Å². The minimum absolute atomic E-state index is 0.109. The molecule has 0 bridgehead atoms. The summed E-state index contributed by atoms with van der Waals surface area (Å²) >= 11 is 0. The molecule has 1 atom stereocenters. The van der Waals surface area contributed by atoms with Crippen molar-refractivity contribution in [2.24, 2.45) is 0 Å². The second kappa shape index (κ2) is 6.20. The average molecular weight is 335 g/mol. The fourth-order valence-corrected chi connectivity index (χ4v) is 3.84. The highest BCUT2D eigenvalue weighted by Crippen LogP contribution is 2.45. The molecule has 2 N–H and O–H groups in total. The van der Waals surface area contributed by atoms with Crippen LogP contribution >= 0.6 is 0 Å². The number of nitrogens with zero attached hydrogens (tertiary/aromatic N) is 1. The Labute approximate surface area is 146 Å². The number of hydrogen-bond donors (Lipinski definition) is 2. The maximum absolute atomic E-state index is 10.8. The number of rotatable bonds is 3. The van der Waals surface area contributed by atoms with Crippen molar-refractivity contribution in [3.05, 3.63) is 71.3 Å². The summed E-state index contributed by atoms with van der Waals surface area (Å²) < 4.78 is 6.89. The van der Waals surface area contributed by atoms with Crippen LogP contribution in [0, 0.1) is 0 Å². The average Bonchev–Trinajstić information content (AvgIpc) is 2.92. The molecule has 0 saturated carbocycles. The Hall–Kier alpha value is -2.88. The van der Waals surface area contributed by atoms with E-state index in [9.17, 15) is 10.2 Å². The zero-order chi connectivity index (χ0) is 17.4. The molecule has 1 aliphatic carbocycles. The van der Waals surface area contributed by atoms with Gasteiger partial charge >= 0.3 is 0 Å². The van der Waals surface area contributed by atoms with Crippen LogP contribution < -0.4 is 4.74 Å². The highest BCUT2D eigenvalue weighted by molar-refractivity contribution is 5.58. The molecule has 1 unspecified atom stereocenters. The van der Waals surface area contributed by atoms with E-state index in [1.807, 2.05) is 42.5 Å². The van der Waals surface area contributed by atoms with Crippen molar-refractivity contribution in [2.75, 3.05) is 7.11 Å². The van der Waals surface area contributed by atoms with E-state index in [0.717, 1.165) is 30.4 Å². The third-order valence-electron chi connectivity index (χ3n) is 5.12. The molecule has 25 heavy (non-hydrogen) atoms. The summed E-state index contributed by atoms with van der Waals surface area (Å²) in [6, 6.07) is 17.7. The van der Waals surface area contributed by atoms with Crippen LogP contribution in [0.3, 0.4) is 0 Å². The second-order valence-corrected chi connectivity index (χ2v) is 6.46. The Bertz CT molecular complexity index is 899. The van der Waals surface area contributed by atoms with Crippen LogP contribution in [0.2, 0.25) is 0 Å². The summed E-state index contributed by atoms with van der Waals surface area (Å²) in [6.07, 6.45) is 2.43. The zero-order valence-corrected chi connectivity index (χ0v) is 14.1. The molecule has 1 heterocycles. The van der Waals surface area contributed by atoms with E-state index in [-0.39, 0.29) is 11.8 Å². The number of aromatic hydroxyl groups is 2. The SMILES string of the molecule is COc1ccccc1-n1c(O)c2c(c1O)CC(c1ccccc1)CC2. The third kappa shape index (κ3) is 2.54. The van der Waals surface area contributed by atoms with Crippen molar-refractivity contribution in [1.29, 1.82) is 0 Å². The quantitative estimate of drug-likeness (QED) is 0.755. The zero-order valence-electron chi connectivity index (χ0n) is 14.1. The van der Waals surface area contributed by atoms with Crippen molar-refractivity contribution in [3.8, 4) is 23.2 Å². The summed E-state index contributed by atoms with van der Waals surface area (Å²) in [5.74, 6) is 1.19. The molecule has 4 rings (SSSR count). The molecule has 128 valence electrons. The van der Waals surface area contributed by atoms with Crippen molar-refractivity contribution >= 4 is 0 Å². The van der Waals surface area contributed by atoms with Gasteiger partial charge in [-0.3, -0.25) is 0 Å². The monoisotopic (exact) mass is 335 g/mol. The van der Waals surface area contributed by atoms with E-state index in [0.29, 0.717) is 17.4 Å². The van der Waals surface area contributed by atoms with E-state index < -0.39 is 0 Å². The van der Waals surface area contributed by atoms with Gasteiger partial charge in [0.15, 0.2) is 0 Å².